The molecule has 2 fully saturated rings. The van der Waals surface area contributed by atoms with Crippen molar-refractivity contribution in [3.63, 3.8) is 0 Å². The summed E-state index contributed by atoms with van der Waals surface area (Å²) in [6.45, 7) is 4.62. The van der Waals surface area contributed by atoms with Crippen LogP contribution in [0, 0.1) is 23.2 Å². The van der Waals surface area contributed by atoms with Crippen LogP contribution in [0.2, 0.25) is 0 Å². The topological polar surface area (TPSA) is 55.8 Å². The van der Waals surface area contributed by atoms with Crippen molar-refractivity contribution in [2.45, 2.75) is 64.4 Å². The summed E-state index contributed by atoms with van der Waals surface area (Å²) in [6.07, 6.45) is 5.92. The van der Waals surface area contributed by atoms with Crippen molar-refractivity contribution < 1.29 is 19.4 Å². The van der Waals surface area contributed by atoms with Gasteiger partial charge >= 0.3 is 6.16 Å². The van der Waals surface area contributed by atoms with E-state index in [1.807, 2.05) is 12.1 Å². The van der Waals surface area contributed by atoms with Gasteiger partial charge in [0.25, 0.3) is 0 Å². The van der Waals surface area contributed by atoms with E-state index in [2.05, 4.69) is 19.9 Å². The quantitative estimate of drug-likeness (QED) is 0.753. The summed E-state index contributed by atoms with van der Waals surface area (Å²) in [5, 5.41) is 9.92. The molecule has 0 aliphatic heterocycles. The molecule has 0 saturated heterocycles. The summed E-state index contributed by atoms with van der Waals surface area (Å²) < 4.78 is 10.4. The standard InChI is InChI=1S/C22H30O4/c1-4-13-11-14-12-15(23)5-6-16(14)17-9-10-22(2)18(20(13)17)7-8-19(22)26-21(24)25-3/h5-6,12-13,17-20,23H,4,7-11H2,1-3H3/t13-,17?,18?,19-,20?,22-/m0/s1. The Morgan fingerprint density at radius 2 is 2.12 bits per heavy atom. The molecule has 26 heavy (non-hydrogen) atoms. The number of phenolic OH excluding ortho intramolecular Hbond substituents is 1. The predicted octanol–water partition coefficient (Wildman–Crippen LogP) is 5.04. The average Bonchev–Trinajstić information content (AvgIpc) is 2.96. The Morgan fingerprint density at radius 1 is 1.31 bits per heavy atom. The summed E-state index contributed by atoms with van der Waals surface area (Å²) >= 11 is 0. The Kier molecular flexibility index (Phi) is 4.40. The minimum absolute atomic E-state index is 0.0281. The van der Waals surface area contributed by atoms with E-state index in [0.29, 0.717) is 29.4 Å². The van der Waals surface area contributed by atoms with E-state index in [1.165, 1.54) is 18.2 Å². The van der Waals surface area contributed by atoms with Crippen LogP contribution >= 0.6 is 0 Å². The Morgan fingerprint density at radius 3 is 2.85 bits per heavy atom. The summed E-state index contributed by atoms with van der Waals surface area (Å²) in [6, 6.07) is 5.96. The van der Waals surface area contributed by atoms with Gasteiger partial charge in [-0.05, 0) is 79.0 Å². The monoisotopic (exact) mass is 358 g/mol. The molecule has 4 rings (SSSR count). The molecule has 0 aromatic heterocycles. The second-order valence-corrected chi connectivity index (χ2v) is 8.73. The molecule has 142 valence electrons. The number of rotatable bonds is 2. The number of hydrogen-bond donors (Lipinski definition) is 1. The number of ether oxygens (including phenoxy) is 2. The van der Waals surface area contributed by atoms with E-state index in [1.54, 1.807) is 0 Å². The van der Waals surface area contributed by atoms with Crippen LogP contribution < -0.4 is 0 Å². The molecule has 3 aliphatic rings. The zero-order valence-corrected chi connectivity index (χ0v) is 16.0. The zero-order chi connectivity index (χ0) is 18.5. The van der Waals surface area contributed by atoms with Gasteiger partial charge in [0.15, 0.2) is 0 Å². The van der Waals surface area contributed by atoms with Gasteiger partial charge in [-0.1, -0.05) is 26.3 Å². The van der Waals surface area contributed by atoms with E-state index >= 15 is 0 Å². The van der Waals surface area contributed by atoms with E-state index in [9.17, 15) is 9.90 Å². The van der Waals surface area contributed by atoms with Crippen LogP contribution in [-0.2, 0) is 15.9 Å². The minimum atomic E-state index is -0.546. The van der Waals surface area contributed by atoms with Crippen molar-refractivity contribution >= 4 is 6.16 Å². The van der Waals surface area contributed by atoms with Gasteiger partial charge in [-0.25, -0.2) is 4.79 Å². The molecule has 1 aromatic rings. The molecule has 0 bridgehead atoms. The highest BCUT2D eigenvalue weighted by atomic mass is 16.7. The second-order valence-electron chi connectivity index (χ2n) is 8.73. The molecule has 0 radical (unpaired) electrons. The van der Waals surface area contributed by atoms with Gasteiger partial charge < -0.3 is 14.6 Å². The first-order valence-electron chi connectivity index (χ1n) is 10.0. The third-order valence-corrected chi connectivity index (χ3v) is 7.73. The van der Waals surface area contributed by atoms with Crippen molar-refractivity contribution in [1.29, 1.82) is 0 Å². The van der Waals surface area contributed by atoms with Crippen LogP contribution in [0.25, 0.3) is 0 Å². The Bertz CT molecular complexity index is 699. The van der Waals surface area contributed by atoms with Crippen LogP contribution in [0.15, 0.2) is 18.2 Å². The van der Waals surface area contributed by atoms with Crippen molar-refractivity contribution in [1.82, 2.24) is 0 Å². The SMILES string of the molecule is CC[C@H]1Cc2cc(O)ccc2C2CC[C@@]3(C)C(CC[C@@H]3OC(=O)OC)C21. The van der Waals surface area contributed by atoms with Crippen molar-refractivity contribution in [2.24, 2.45) is 23.2 Å². The maximum Gasteiger partial charge on any atom is 0.508 e. The molecule has 3 unspecified atom stereocenters. The number of benzene rings is 1. The van der Waals surface area contributed by atoms with E-state index in [-0.39, 0.29) is 11.5 Å². The summed E-state index contributed by atoms with van der Waals surface area (Å²) in [4.78, 5) is 11.7. The van der Waals surface area contributed by atoms with E-state index in [4.69, 9.17) is 9.47 Å². The highest BCUT2D eigenvalue weighted by Crippen LogP contribution is 2.63. The number of carbonyl (C=O) groups is 1. The first-order chi connectivity index (χ1) is 12.5. The molecule has 6 atom stereocenters. The lowest BCUT2D eigenvalue weighted by molar-refractivity contribution is -0.0599. The molecule has 2 saturated carbocycles. The summed E-state index contributed by atoms with van der Waals surface area (Å²) in [5.74, 6) is 2.81. The summed E-state index contributed by atoms with van der Waals surface area (Å²) in [5.41, 5.74) is 2.83. The third-order valence-electron chi connectivity index (χ3n) is 7.73. The van der Waals surface area contributed by atoms with Gasteiger partial charge in [0.2, 0.25) is 0 Å². The van der Waals surface area contributed by atoms with Crippen LogP contribution in [0.3, 0.4) is 0 Å². The van der Waals surface area contributed by atoms with E-state index < -0.39 is 6.16 Å². The lowest BCUT2D eigenvalue weighted by atomic mass is 9.52. The average molecular weight is 358 g/mol. The van der Waals surface area contributed by atoms with Crippen molar-refractivity contribution in [3.8, 4) is 5.75 Å². The van der Waals surface area contributed by atoms with Gasteiger partial charge in [-0.15, -0.1) is 0 Å². The normalized spacial score (nSPS) is 38.0. The van der Waals surface area contributed by atoms with Crippen LogP contribution in [0.5, 0.6) is 5.75 Å². The predicted molar refractivity (Wildman–Crippen MR) is 99.2 cm³/mol. The molecule has 0 spiro atoms. The zero-order valence-electron chi connectivity index (χ0n) is 16.0. The van der Waals surface area contributed by atoms with Gasteiger partial charge in [0, 0.05) is 5.41 Å². The number of methoxy groups -OCH3 is 1. The molecular weight excluding hydrogens is 328 g/mol. The maximum atomic E-state index is 11.7. The van der Waals surface area contributed by atoms with Crippen molar-refractivity contribution in [2.75, 3.05) is 7.11 Å². The summed E-state index contributed by atoms with van der Waals surface area (Å²) in [7, 11) is 1.38. The fourth-order valence-corrected chi connectivity index (χ4v) is 6.49. The molecule has 0 amide bonds. The van der Waals surface area contributed by atoms with Crippen LogP contribution in [-0.4, -0.2) is 24.5 Å². The van der Waals surface area contributed by atoms with Gasteiger partial charge in [0.05, 0.1) is 7.11 Å². The fraction of sp³-hybridized carbons (Fsp3) is 0.682. The fourth-order valence-electron chi connectivity index (χ4n) is 6.49. The molecule has 4 nitrogen and oxygen atoms in total. The Hall–Kier alpha value is -1.71. The molecule has 4 heteroatoms. The Labute approximate surface area is 155 Å². The number of hydrogen-bond acceptors (Lipinski definition) is 4. The molecule has 0 heterocycles. The molecular formula is C22H30O4. The highest BCUT2D eigenvalue weighted by molar-refractivity contribution is 5.60. The Balaban J connectivity index is 1.67. The number of aromatic hydroxyl groups is 1. The minimum Gasteiger partial charge on any atom is -0.508 e. The highest BCUT2D eigenvalue weighted by Gasteiger charge is 2.58. The number of fused-ring (bicyclic) bond motifs is 5. The lowest BCUT2D eigenvalue weighted by Crippen LogP contribution is -2.48. The molecule has 1 aromatic carbocycles. The first kappa shape index (κ1) is 17.7. The second kappa shape index (κ2) is 6.47. The largest absolute Gasteiger partial charge is 0.508 e. The van der Waals surface area contributed by atoms with Crippen LogP contribution in [0.1, 0.15) is 63.0 Å². The number of phenols is 1. The molecule has 3 aliphatic carbocycles. The van der Waals surface area contributed by atoms with E-state index in [0.717, 1.165) is 38.5 Å². The van der Waals surface area contributed by atoms with Gasteiger partial charge in [-0.3, -0.25) is 0 Å². The van der Waals surface area contributed by atoms with Gasteiger partial charge in [0.1, 0.15) is 11.9 Å². The number of carbonyl (C=O) groups excluding carboxylic acids is 1. The first-order valence-corrected chi connectivity index (χ1v) is 10.0. The van der Waals surface area contributed by atoms with Crippen LogP contribution in [0.4, 0.5) is 4.79 Å². The smallest absolute Gasteiger partial charge is 0.508 e. The molecule has 1 N–H and O–H groups in total. The van der Waals surface area contributed by atoms with Crippen molar-refractivity contribution in [3.05, 3.63) is 29.3 Å². The maximum absolute atomic E-state index is 11.7. The van der Waals surface area contributed by atoms with Gasteiger partial charge in [-0.2, -0.15) is 0 Å². The lowest BCUT2D eigenvalue weighted by Gasteiger charge is -2.53. The third kappa shape index (κ3) is 2.60.